The number of ether oxygens (including phenoxy) is 1. The number of carbonyl (C=O) groups excluding carboxylic acids is 1. The van der Waals surface area contributed by atoms with Crippen molar-refractivity contribution in [2.24, 2.45) is 7.05 Å². The molecule has 0 aliphatic heterocycles. The van der Waals surface area contributed by atoms with E-state index >= 15 is 0 Å². The molecule has 0 bridgehead atoms. The molecule has 18 heavy (non-hydrogen) atoms. The first kappa shape index (κ1) is 12.1. The third-order valence-electron chi connectivity index (χ3n) is 2.87. The molecule has 2 aromatic rings. The summed E-state index contributed by atoms with van der Waals surface area (Å²) in [5, 5.41) is 11.9. The Kier molecular flexibility index (Phi) is 3.01. The lowest BCUT2D eigenvalue weighted by Gasteiger charge is -2.06. The van der Waals surface area contributed by atoms with Crippen LogP contribution in [-0.2, 0) is 23.0 Å². The van der Waals surface area contributed by atoms with E-state index in [1.165, 1.54) is 13.2 Å². The molecule has 0 unspecified atom stereocenters. The first-order chi connectivity index (χ1) is 8.54. The van der Waals surface area contributed by atoms with Gasteiger partial charge in [0, 0.05) is 24.7 Å². The Balaban J connectivity index is 2.69. The summed E-state index contributed by atoms with van der Waals surface area (Å²) in [5.41, 5.74) is 1.01. The van der Waals surface area contributed by atoms with Gasteiger partial charge in [0.15, 0.2) is 0 Å². The van der Waals surface area contributed by atoms with Gasteiger partial charge in [-0.05, 0) is 12.1 Å². The maximum atomic E-state index is 11.4. The highest BCUT2D eigenvalue weighted by Crippen LogP contribution is 2.29. The molecule has 0 N–H and O–H groups in total. The fourth-order valence-corrected chi connectivity index (χ4v) is 2.02. The maximum absolute atomic E-state index is 11.4. The first-order valence-corrected chi connectivity index (χ1v) is 5.32. The van der Waals surface area contributed by atoms with E-state index in [0.717, 1.165) is 5.39 Å². The maximum Gasteiger partial charge on any atom is 0.310 e. The summed E-state index contributed by atoms with van der Waals surface area (Å²) in [7, 11) is 3.05. The topological polar surface area (TPSA) is 74.4 Å². The van der Waals surface area contributed by atoms with E-state index in [1.807, 2.05) is 6.07 Å². The molecule has 0 fully saturated rings. The van der Waals surface area contributed by atoms with E-state index in [9.17, 15) is 14.9 Å². The monoisotopic (exact) mass is 248 g/mol. The second kappa shape index (κ2) is 4.48. The number of rotatable bonds is 3. The average Bonchev–Trinajstić information content (AvgIpc) is 2.71. The average molecular weight is 248 g/mol. The van der Waals surface area contributed by atoms with Crippen LogP contribution in [0.2, 0.25) is 0 Å². The number of esters is 1. The molecular weight excluding hydrogens is 236 g/mol. The van der Waals surface area contributed by atoms with Gasteiger partial charge in [0.2, 0.25) is 0 Å². The standard InChI is InChI=1S/C12H12N2O4/c1-13-6-5-8-3-4-10(14(16)17)9(12(8)13)7-11(15)18-2/h3-6H,7H2,1-2H3. The Morgan fingerprint density at radius 3 is 2.78 bits per heavy atom. The van der Waals surface area contributed by atoms with E-state index in [-0.39, 0.29) is 12.1 Å². The molecule has 0 aliphatic rings. The number of hydrogen-bond donors (Lipinski definition) is 0. The van der Waals surface area contributed by atoms with Crippen molar-refractivity contribution in [3.8, 4) is 0 Å². The molecule has 0 radical (unpaired) electrons. The van der Waals surface area contributed by atoms with Crippen LogP contribution in [0.3, 0.4) is 0 Å². The van der Waals surface area contributed by atoms with Crippen LogP contribution >= 0.6 is 0 Å². The molecule has 1 heterocycles. The highest BCUT2D eigenvalue weighted by atomic mass is 16.6. The zero-order valence-electron chi connectivity index (χ0n) is 10.0. The summed E-state index contributed by atoms with van der Waals surface area (Å²) in [6, 6.07) is 4.94. The van der Waals surface area contributed by atoms with Crippen LogP contribution in [0.15, 0.2) is 24.4 Å². The predicted octanol–water partition coefficient (Wildman–Crippen LogP) is 1.80. The Morgan fingerprint density at radius 2 is 2.17 bits per heavy atom. The molecule has 1 aromatic heterocycles. The number of benzene rings is 1. The van der Waals surface area contributed by atoms with Gasteiger partial charge in [-0.3, -0.25) is 14.9 Å². The van der Waals surface area contributed by atoms with Crippen molar-refractivity contribution < 1.29 is 14.5 Å². The Hall–Kier alpha value is -2.37. The van der Waals surface area contributed by atoms with Crippen molar-refractivity contribution in [1.82, 2.24) is 4.57 Å². The van der Waals surface area contributed by atoms with Crippen LogP contribution in [0.1, 0.15) is 5.56 Å². The molecular formula is C12H12N2O4. The molecule has 94 valence electrons. The molecule has 0 amide bonds. The summed E-state index contributed by atoms with van der Waals surface area (Å²) in [6.45, 7) is 0. The molecule has 1 aromatic carbocycles. The number of nitro benzene ring substituents is 1. The van der Waals surface area contributed by atoms with Crippen molar-refractivity contribution in [2.45, 2.75) is 6.42 Å². The molecule has 0 atom stereocenters. The summed E-state index contributed by atoms with van der Waals surface area (Å²) >= 11 is 0. The number of carbonyl (C=O) groups is 1. The number of aryl methyl sites for hydroxylation is 1. The lowest BCUT2D eigenvalue weighted by Crippen LogP contribution is -2.08. The zero-order valence-corrected chi connectivity index (χ0v) is 10.0. The second-order valence-corrected chi connectivity index (χ2v) is 3.94. The SMILES string of the molecule is COC(=O)Cc1c([N+](=O)[O-])ccc2ccn(C)c12. The number of nitro groups is 1. The minimum Gasteiger partial charge on any atom is -0.469 e. The van der Waals surface area contributed by atoms with Gasteiger partial charge in [0.25, 0.3) is 5.69 Å². The lowest BCUT2D eigenvalue weighted by atomic mass is 10.1. The van der Waals surface area contributed by atoms with Gasteiger partial charge in [0.05, 0.1) is 29.5 Å². The third-order valence-corrected chi connectivity index (χ3v) is 2.87. The predicted molar refractivity (Wildman–Crippen MR) is 65.3 cm³/mol. The summed E-state index contributed by atoms with van der Waals surface area (Å²) < 4.78 is 6.35. The quantitative estimate of drug-likeness (QED) is 0.471. The van der Waals surface area contributed by atoms with Crippen LogP contribution < -0.4 is 0 Å². The summed E-state index contributed by atoms with van der Waals surface area (Å²) in [6.07, 6.45) is 1.69. The fraction of sp³-hybridized carbons (Fsp3) is 0.250. The number of nitrogens with zero attached hydrogens (tertiary/aromatic N) is 2. The fourth-order valence-electron chi connectivity index (χ4n) is 2.02. The Bertz CT molecular complexity index is 630. The Morgan fingerprint density at radius 1 is 1.44 bits per heavy atom. The summed E-state index contributed by atoms with van der Waals surface area (Å²) in [5.74, 6) is -0.494. The number of methoxy groups -OCH3 is 1. The second-order valence-electron chi connectivity index (χ2n) is 3.94. The Labute approximate surface area is 103 Å². The zero-order chi connectivity index (χ0) is 13.3. The van der Waals surface area contributed by atoms with Crippen LogP contribution in [0.4, 0.5) is 5.69 Å². The number of hydrogen-bond acceptors (Lipinski definition) is 4. The minimum atomic E-state index is -0.494. The number of aromatic nitrogens is 1. The van der Waals surface area contributed by atoms with Gasteiger partial charge in [-0.15, -0.1) is 0 Å². The van der Waals surface area contributed by atoms with Crippen LogP contribution in [0.5, 0.6) is 0 Å². The highest BCUT2D eigenvalue weighted by Gasteiger charge is 2.21. The van der Waals surface area contributed by atoms with E-state index in [4.69, 9.17) is 0 Å². The van der Waals surface area contributed by atoms with E-state index in [1.54, 1.807) is 23.9 Å². The smallest absolute Gasteiger partial charge is 0.310 e. The van der Waals surface area contributed by atoms with Gasteiger partial charge in [-0.1, -0.05) is 0 Å². The van der Waals surface area contributed by atoms with Gasteiger partial charge in [-0.25, -0.2) is 0 Å². The van der Waals surface area contributed by atoms with Crippen molar-refractivity contribution >= 4 is 22.6 Å². The highest BCUT2D eigenvalue weighted by molar-refractivity contribution is 5.90. The normalized spacial score (nSPS) is 10.6. The van der Waals surface area contributed by atoms with Crippen molar-refractivity contribution in [1.29, 1.82) is 0 Å². The lowest BCUT2D eigenvalue weighted by molar-refractivity contribution is -0.385. The van der Waals surface area contributed by atoms with Gasteiger partial charge in [0.1, 0.15) is 0 Å². The molecule has 0 saturated heterocycles. The first-order valence-electron chi connectivity index (χ1n) is 5.32. The van der Waals surface area contributed by atoms with Crippen molar-refractivity contribution in [2.75, 3.05) is 7.11 Å². The number of fused-ring (bicyclic) bond motifs is 1. The molecule has 6 nitrogen and oxygen atoms in total. The minimum absolute atomic E-state index is 0.0605. The van der Waals surface area contributed by atoms with Gasteiger partial charge in [-0.2, -0.15) is 0 Å². The van der Waals surface area contributed by atoms with Gasteiger partial charge >= 0.3 is 5.97 Å². The third kappa shape index (κ3) is 1.92. The molecule has 0 spiro atoms. The van der Waals surface area contributed by atoms with Crippen molar-refractivity contribution in [3.05, 3.63) is 40.1 Å². The van der Waals surface area contributed by atoms with E-state index in [0.29, 0.717) is 11.1 Å². The largest absolute Gasteiger partial charge is 0.469 e. The van der Waals surface area contributed by atoms with Crippen LogP contribution in [0.25, 0.3) is 10.9 Å². The van der Waals surface area contributed by atoms with E-state index < -0.39 is 10.9 Å². The summed E-state index contributed by atoms with van der Waals surface area (Å²) in [4.78, 5) is 21.9. The van der Waals surface area contributed by atoms with E-state index in [2.05, 4.69) is 4.74 Å². The van der Waals surface area contributed by atoms with Crippen LogP contribution in [0, 0.1) is 10.1 Å². The van der Waals surface area contributed by atoms with Crippen LogP contribution in [-0.4, -0.2) is 22.6 Å². The van der Waals surface area contributed by atoms with Gasteiger partial charge < -0.3 is 9.30 Å². The molecule has 0 saturated carbocycles. The van der Waals surface area contributed by atoms with Crippen molar-refractivity contribution in [3.63, 3.8) is 0 Å². The molecule has 0 aliphatic carbocycles. The molecule has 2 rings (SSSR count). The molecule has 6 heteroatoms.